The zero-order valence-electron chi connectivity index (χ0n) is 28.4. The maximum atomic E-state index is 15.2. The Hall–Kier alpha value is -4.56. The standard InChI is InChI=1S/C39H45FN2O5/c1-25(2)47-38(44)35-28(5)42-27(4)34(36(35)32-12-8-9-13-33(32)40)37(43)46-24-39(6,7)23-45-22-26(3)19-29-14-16-30(17-15-29)20-31-11-10-18-41-21-31/h8-19,21,25,36,42H,20,22-24H2,1-7H3/b26-19+. The van der Waals surface area contributed by atoms with E-state index in [4.69, 9.17) is 14.2 Å². The molecule has 1 unspecified atom stereocenters. The van der Waals surface area contributed by atoms with Crippen molar-refractivity contribution in [3.63, 3.8) is 0 Å². The molecule has 0 saturated heterocycles. The minimum Gasteiger partial charge on any atom is -0.462 e. The van der Waals surface area contributed by atoms with Crippen molar-refractivity contribution in [3.8, 4) is 0 Å². The summed E-state index contributed by atoms with van der Waals surface area (Å²) < 4.78 is 32.5. The molecular weight excluding hydrogens is 595 g/mol. The van der Waals surface area contributed by atoms with Gasteiger partial charge in [-0.2, -0.15) is 0 Å². The van der Waals surface area contributed by atoms with Gasteiger partial charge in [0.05, 0.1) is 43.0 Å². The fourth-order valence-corrected chi connectivity index (χ4v) is 5.50. The highest BCUT2D eigenvalue weighted by Crippen LogP contribution is 2.40. The number of nitrogens with one attached hydrogen (secondary N) is 1. The van der Waals surface area contributed by atoms with Crippen LogP contribution in [0.5, 0.6) is 0 Å². The van der Waals surface area contributed by atoms with Crippen LogP contribution in [0.1, 0.15) is 76.6 Å². The van der Waals surface area contributed by atoms with Gasteiger partial charge in [0.25, 0.3) is 0 Å². The van der Waals surface area contributed by atoms with E-state index in [1.54, 1.807) is 52.1 Å². The number of esters is 2. The third-order valence-electron chi connectivity index (χ3n) is 7.70. The maximum Gasteiger partial charge on any atom is 0.337 e. The topological polar surface area (TPSA) is 86.8 Å². The Morgan fingerprint density at radius 1 is 0.936 bits per heavy atom. The normalized spacial score (nSPS) is 15.5. The average Bonchev–Trinajstić information content (AvgIpc) is 3.01. The number of nitrogens with zero attached hydrogens (tertiary/aromatic N) is 1. The Bertz CT molecular complexity index is 1660. The molecule has 0 aliphatic carbocycles. The Kier molecular flexibility index (Phi) is 11.9. The van der Waals surface area contributed by atoms with Crippen molar-refractivity contribution < 1.29 is 28.2 Å². The molecule has 1 aliphatic rings. The molecule has 0 amide bonds. The molecule has 2 aromatic carbocycles. The number of hydrogen-bond donors (Lipinski definition) is 1. The average molecular weight is 641 g/mol. The van der Waals surface area contributed by atoms with Gasteiger partial charge in [0.1, 0.15) is 5.82 Å². The molecule has 248 valence electrons. The maximum absolute atomic E-state index is 15.2. The summed E-state index contributed by atoms with van der Waals surface area (Å²) in [5.74, 6) is -2.78. The molecule has 4 rings (SSSR count). The van der Waals surface area contributed by atoms with Gasteiger partial charge in [0.15, 0.2) is 0 Å². The summed E-state index contributed by atoms with van der Waals surface area (Å²) in [6, 6.07) is 18.6. The lowest BCUT2D eigenvalue weighted by Gasteiger charge is -2.32. The van der Waals surface area contributed by atoms with E-state index in [-0.39, 0.29) is 23.3 Å². The largest absolute Gasteiger partial charge is 0.462 e. The second-order valence-corrected chi connectivity index (χ2v) is 13.1. The predicted octanol–water partition coefficient (Wildman–Crippen LogP) is 7.69. The van der Waals surface area contributed by atoms with Gasteiger partial charge in [-0.05, 0) is 75.4 Å². The smallest absolute Gasteiger partial charge is 0.337 e. The summed E-state index contributed by atoms with van der Waals surface area (Å²) in [5.41, 5.74) is 5.54. The Balaban J connectivity index is 1.38. The van der Waals surface area contributed by atoms with Gasteiger partial charge in [-0.25, -0.2) is 14.0 Å². The lowest BCUT2D eigenvalue weighted by Crippen LogP contribution is -2.35. The molecule has 0 spiro atoms. The second-order valence-electron chi connectivity index (χ2n) is 13.1. The summed E-state index contributed by atoms with van der Waals surface area (Å²) in [6.07, 6.45) is 6.18. The molecule has 1 N–H and O–H groups in total. The van der Waals surface area contributed by atoms with Crippen LogP contribution in [0.25, 0.3) is 6.08 Å². The number of carbonyl (C=O) groups excluding carboxylic acids is 2. The zero-order chi connectivity index (χ0) is 34.1. The number of benzene rings is 2. The molecule has 1 atom stereocenters. The zero-order valence-corrected chi connectivity index (χ0v) is 28.4. The van der Waals surface area contributed by atoms with Crippen LogP contribution < -0.4 is 5.32 Å². The van der Waals surface area contributed by atoms with Gasteiger partial charge in [-0.15, -0.1) is 0 Å². The molecule has 1 aliphatic heterocycles. The lowest BCUT2D eigenvalue weighted by molar-refractivity contribution is -0.144. The highest BCUT2D eigenvalue weighted by Gasteiger charge is 2.40. The van der Waals surface area contributed by atoms with E-state index in [1.165, 1.54) is 17.2 Å². The van der Waals surface area contributed by atoms with E-state index < -0.39 is 35.2 Å². The monoisotopic (exact) mass is 640 g/mol. The fraction of sp³-hybridized carbons (Fsp3) is 0.359. The van der Waals surface area contributed by atoms with Gasteiger partial charge in [-0.1, -0.05) is 68.5 Å². The number of carbonyl (C=O) groups is 2. The van der Waals surface area contributed by atoms with E-state index in [2.05, 4.69) is 46.7 Å². The Labute approximate surface area is 277 Å². The number of allylic oxidation sites excluding steroid dienone is 2. The number of pyridine rings is 1. The predicted molar refractivity (Wildman–Crippen MR) is 182 cm³/mol. The van der Waals surface area contributed by atoms with Crippen molar-refractivity contribution in [2.24, 2.45) is 5.41 Å². The van der Waals surface area contributed by atoms with Gasteiger partial charge in [0.2, 0.25) is 0 Å². The molecule has 0 saturated carbocycles. The van der Waals surface area contributed by atoms with Crippen LogP contribution in [0.15, 0.2) is 101 Å². The number of rotatable bonds is 13. The molecule has 7 nitrogen and oxygen atoms in total. The van der Waals surface area contributed by atoms with Crippen molar-refractivity contribution >= 4 is 18.0 Å². The minimum absolute atomic E-state index is 0.0578. The second kappa shape index (κ2) is 15.8. The number of hydrogen-bond acceptors (Lipinski definition) is 7. The molecule has 0 radical (unpaired) electrons. The number of dihydropyridines is 1. The lowest BCUT2D eigenvalue weighted by atomic mass is 9.80. The van der Waals surface area contributed by atoms with Crippen LogP contribution in [0.4, 0.5) is 4.39 Å². The van der Waals surface area contributed by atoms with Crippen LogP contribution in [-0.2, 0) is 30.2 Å². The number of ether oxygens (including phenoxy) is 3. The van der Waals surface area contributed by atoms with E-state index in [0.717, 1.165) is 17.6 Å². The van der Waals surface area contributed by atoms with Crippen molar-refractivity contribution in [3.05, 3.63) is 129 Å². The summed E-state index contributed by atoms with van der Waals surface area (Å²) in [4.78, 5) is 31.1. The van der Waals surface area contributed by atoms with Crippen LogP contribution in [0, 0.1) is 11.2 Å². The summed E-state index contributed by atoms with van der Waals surface area (Å²) in [5, 5.41) is 3.11. The van der Waals surface area contributed by atoms with Gasteiger partial charge in [0, 0.05) is 34.8 Å². The first kappa shape index (κ1) is 35.3. The first-order valence-electron chi connectivity index (χ1n) is 15.9. The van der Waals surface area contributed by atoms with E-state index in [9.17, 15) is 9.59 Å². The molecular formula is C39H45FN2O5. The van der Waals surface area contributed by atoms with Crippen molar-refractivity contribution in [2.45, 2.75) is 66.9 Å². The third-order valence-corrected chi connectivity index (χ3v) is 7.70. The van der Waals surface area contributed by atoms with E-state index in [0.29, 0.717) is 24.6 Å². The molecule has 8 heteroatoms. The van der Waals surface area contributed by atoms with E-state index in [1.807, 2.05) is 33.0 Å². The Morgan fingerprint density at radius 3 is 2.26 bits per heavy atom. The first-order valence-corrected chi connectivity index (χ1v) is 15.9. The van der Waals surface area contributed by atoms with Crippen LogP contribution in [0.2, 0.25) is 0 Å². The van der Waals surface area contributed by atoms with Gasteiger partial charge in [-0.3, -0.25) is 4.98 Å². The molecule has 0 fully saturated rings. The number of halogens is 1. The molecule has 1 aromatic heterocycles. The molecule has 0 bridgehead atoms. The number of aromatic nitrogens is 1. The first-order chi connectivity index (χ1) is 22.3. The highest BCUT2D eigenvalue weighted by atomic mass is 19.1. The van der Waals surface area contributed by atoms with Crippen molar-refractivity contribution in [1.29, 1.82) is 0 Å². The highest BCUT2D eigenvalue weighted by molar-refractivity contribution is 6.00. The quantitative estimate of drug-likeness (QED) is 0.192. The fourth-order valence-electron chi connectivity index (χ4n) is 5.50. The van der Waals surface area contributed by atoms with Crippen LogP contribution in [0.3, 0.4) is 0 Å². The van der Waals surface area contributed by atoms with Crippen LogP contribution >= 0.6 is 0 Å². The third kappa shape index (κ3) is 9.72. The van der Waals surface area contributed by atoms with Crippen molar-refractivity contribution in [2.75, 3.05) is 19.8 Å². The minimum atomic E-state index is -0.993. The summed E-state index contributed by atoms with van der Waals surface area (Å²) in [7, 11) is 0. The molecule has 3 aromatic rings. The van der Waals surface area contributed by atoms with Crippen molar-refractivity contribution in [1.82, 2.24) is 10.3 Å². The molecule has 2 heterocycles. The van der Waals surface area contributed by atoms with Crippen LogP contribution in [-0.4, -0.2) is 42.8 Å². The van der Waals surface area contributed by atoms with Gasteiger partial charge < -0.3 is 19.5 Å². The SMILES string of the molecule is CC1=C(C(=O)OCC(C)(C)COC/C(C)=C/c2ccc(Cc3cccnc3)cc2)C(c2ccccc2F)C(C(=O)OC(C)C)=C(C)N1. The Morgan fingerprint density at radius 2 is 1.62 bits per heavy atom. The summed E-state index contributed by atoms with van der Waals surface area (Å²) >= 11 is 0. The van der Waals surface area contributed by atoms with Gasteiger partial charge >= 0.3 is 11.9 Å². The molecule has 47 heavy (non-hydrogen) atoms. The summed E-state index contributed by atoms with van der Waals surface area (Å²) in [6.45, 7) is 13.6. The van der Waals surface area contributed by atoms with E-state index >= 15 is 4.39 Å².